The molecule has 0 spiro atoms. The second-order valence-electron chi connectivity index (χ2n) is 4.79. The predicted molar refractivity (Wildman–Crippen MR) is 79.4 cm³/mol. The van der Waals surface area contributed by atoms with Crippen LogP contribution in [0, 0.1) is 13.8 Å². The molecular formula is C14H16N2O4S. The van der Waals surface area contributed by atoms with E-state index in [4.69, 9.17) is 9.56 Å². The number of aryl methyl sites for hydroxylation is 2. The van der Waals surface area contributed by atoms with Gasteiger partial charge in [0.15, 0.2) is 0 Å². The van der Waals surface area contributed by atoms with Crippen molar-refractivity contribution in [3.63, 3.8) is 0 Å². The molecule has 21 heavy (non-hydrogen) atoms. The lowest BCUT2D eigenvalue weighted by Crippen LogP contribution is -2.15. The molecule has 112 valence electrons. The number of furan rings is 1. The summed E-state index contributed by atoms with van der Waals surface area (Å²) >= 11 is 0. The zero-order valence-corrected chi connectivity index (χ0v) is 12.5. The summed E-state index contributed by atoms with van der Waals surface area (Å²) in [6.45, 7) is 3.49. The molecule has 0 atom stereocenters. The minimum Gasteiger partial charge on any atom is -0.466 e. The van der Waals surface area contributed by atoms with Crippen LogP contribution in [0.15, 0.2) is 34.7 Å². The van der Waals surface area contributed by atoms with E-state index in [2.05, 4.69) is 5.32 Å². The number of rotatable bonds is 4. The molecule has 0 unspecified atom stereocenters. The van der Waals surface area contributed by atoms with Crippen LogP contribution in [0.5, 0.6) is 0 Å². The fourth-order valence-corrected chi connectivity index (χ4v) is 2.63. The number of hydrogen-bond donors (Lipinski definition) is 2. The summed E-state index contributed by atoms with van der Waals surface area (Å²) < 4.78 is 27.3. The van der Waals surface area contributed by atoms with E-state index in [9.17, 15) is 13.2 Å². The zero-order valence-electron chi connectivity index (χ0n) is 11.7. The van der Waals surface area contributed by atoms with Crippen LogP contribution in [0.25, 0.3) is 0 Å². The third-order valence-electron chi connectivity index (χ3n) is 2.87. The molecule has 0 aliphatic carbocycles. The number of benzene rings is 1. The maximum absolute atomic E-state index is 12.1. The fraction of sp³-hybridized carbons (Fsp3) is 0.214. The van der Waals surface area contributed by atoms with E-state index in [0.717, 1.165) is 0 Å². The topological polar surface area (TPSA) is 102 Å². The number of carbonyl (C=O) groups excluding carboxylic acids is 1. The molecule has 0 aliphatic rings. The summed E-state index contributed by atoms with van der Waals surface area (Å²) in [5.41, 5.74) is 1.60. The Morgan fingerprint density at radius 3 is 2.33 bits per heavy atom. The first-order valence-corrected chi connectivity index (χ1v) is 7.94. The van der Waals surface area contributed by atoms with Crippen LogP contribution < -0.4 is 10.5 Å². The molecule has 6 nitrogen and oxygen atoms in total. The van der Waals surface area contributed by atoms with Gasteiger partial charge in [-0.05, 0) is 37.6 Å². The third-order valence-corrected chi connectivity index (χ3v) is 3.60. The Bertz CT molecular complexity index is 761. The van der Waals surface area contributed by atoms with Crippen LogP contribution in [0.3, 0.4) is 0 Å². The van der Waals surface area contributed by atoms with Crippen molar-refractivity contribution < 1.29 is 17.6 Å². The molecule has 0 aliphatic heterocycles. The molecule has 0 fully saturated rings. The zero-order chi connectivity index (χ0) is 15.6. The van der Waals surface area contributed by atoms with E-state index >= 15 is 0 Å². The van der Waals surface area contributed by atoms with Gasteiger partial charge in [-0.15, -0.1) is 0 Å². The molecular weight excluding hydrogens is 292 g/mol. The van der Waals surface area contributed by atoms with Crippen molar-refractivity contribution in [2.75, 3.05) is 5.32 Å². The maximum atomic E-state index is 12.1. The Balaban J connectivity index is 2.10. The quantitative estimate of drug-likeness (QED) is 0.900. The Morgan fingerprint density at radius 2 is 1.86 bits per heavy atom. The Labute approximate surface area is 123 Å². The summed E-state index contributed by atoms with van der Waals surface area (Å²) in [7, 11) is -3.56. The minimum atomic E-state index is -3.56. The largest absolute Gasteiger partial charge is 0.466 e. The number of primary sulfonamides is 1. The smallest absolute Gasteiger partial charge is 0.259 e. The van der Waals surface area contributed by atoms with Crippen molar-refractivity contribution in [3.05, 3.63) is 53.0 Å². The van der Waals surface area contributed by atoms with Gasteiger partial charge in [-0.2, -0.15) is 0 Å². The van der Waals surface area contributed by atoms with Gasteiger partial charge < -0.3 is 9.73 Å². The van der Waals surface area contributed by atoms with E-state index in [-0.39, 0.29) is 11.7 Å². The van der Waals surface area contributed by atoms with Gasteiger partial charge in [-0.25, -0.2) is 13.6 Å². The van der Waals surface area contributed by atoms with Crippen molar-refractivity contribution in [1.82, 2.24) is 0 Å². The average Bonchev–Trinajstić information content (AvgIpc) is 2.69. The van der Waals surface area contributed by atoms with Gasteiger partial charge >= 0.3 is 0 Å². The Morgan fingerprint density at radius 1 is 1.24 bits per heavy atom. The first kappa shape index (κ1) is 15.3. The van der Waals surface area contributed by atoms with Gasteiger partial charge in [0.1, 0.15) is 11.5 Å². The Hall–Kier alpha value is -2.12. The number of nitrogens with one attached hydrogen (secondary N) is 1. The lowest BCUT2D eigenvalue weighted by Gasteiger charge is -2.05. The summed E-state index contributed by atoms with van der Waals surface area (Å²) in [6, 6.07) is 8.13. The van der Waals surface area contributed by atoms with Gasteiger partial charge in [0.05, 0.1) is 11.3 Å². The van der Waals surface area contributed by atoms with Gasteiger partial charge in [0, 0.05) is 5.69 Å². The SMILES string of the molecule is Cc1cc(C(=O)Nc2ccc(CS(N)(=O)=O)cc2)c(C)o1. The standard InChI is InChI=1S/C14H16N2O4S/c1-9-7-13(10(2)20-9)14(17)16-12-5-3-11(4-6-12)8-21(15,18)19/h3-7H,8H2,1-2H3,(H,16,17)(H2,15,18,19). The first-order chi connectivity index (χ1) is 9.74. The minimum absolute atomic E-state index is 0.235. The molecule has 2 rings (SSSR count). The van der Waals surface area contributed by atoms with E-state index in [0.29, 0.717) is 28.3 Å². The number of anilines is 1. The average molecular weight is 308 g/mol. The lowest BCUT2D eigenvalue weighted by atomic mass is 10.2. The van der Waals surface area contributed by atoms with Crippen molar-refractivity contribution >= 4 is 21.6 Å². The van der Waals surface area contributed by atoms with E-state index in [1.165, 1.54) is 0 Å². The maximum Gasteiger partial charge on any atom is 0.259 e. The normalized spacial score (nSPS) is 11.4. The summed E-state index contributed by atoms with van der Waals surface area (Å²) in [4.78, 5) is 12.1. The molecule has 1 aromatic heterocycles. The van der Waals surface area contributed by atoms with Crippen molar-refractivity contribution in [2.45, 2.75) is 19.6 Å². The van der Waals surface area contributed by atoms with E-state index in [1.807, 2.05) is 0 Å². The van der Waals surface area contributed by atoms with Crippen LogP contribution in [0.1, 0.15) is 27.4 Å². The van der Waals surface area contributed by atoms with Crippen LogP contribution in [0.4, 0.5) is 5.69 Å². The van der Waals surface area contributed by atoms with Crippen LogP contribution in [-0.4, -0.2) is 14.3 Å². The molecule has 1 aromatic carbocycles. The number of hydrogen-bond acceptors (Lipinski definition) is 4. The highest BCUT2D eigenvalue weighted by Gasteiger charge is 2.13. The van der Waals surface area contributed by atoms with Gasteiger partial charge in [0.25, 0.3) is 5.91 Å². The molecule has 1 amide bonds. The number of nitrogens with two attached hydrogens (primary N) is 1. The molecule has 0 saturated carbocycles. The monoisotopic (exact) mass is 308 g/mol. The van der Waals surface area contributed by atoms with Gasteiger partial charge in [-0.3, -0.25) is 4.79 Å². The van der Waals surface area contributed by atoms with E-state index < -0.39 is 10.0 Å². The fourth-order valence-electron chi connectivity index (χ4n) is 1.97. The first-order valence-electron chi connectivity index (χ1n) is 6.22. The van der Waals surface area contributed by atoms with Gasteiger partial charge in [-0.1, -0.05) is 12.1 Å². The highest BCUT2D eigenvalue weighted by atomic mass is 32.2. The van der Waals surface area contributed by atoms with Crippen LogP contribution in [-0.2, 0) is 15.8 Å². The number of carbonyl (C=O) groups is 1. The molecule has 7 heteroatoms. The summed E-state index contributed by atoms with van der Waals surface area (Å²) in [6.07, 6.45) is 0. The molecule has 1 heterocycles. The highest BCUT2D eigenvalue weighted by Crippen LogP contribution is 2.17. The second-order valence-corrected chi connectivity index (χ2v) is 6.40. The molecule has 0 saturated heterocycles. The lowest BCUT2D eigenvalue weighted by molar-refractivity contribution is 0.102. The van der Waals surface area contributed by atoms with Crippen molar-refractivity contribution in [3.8, 4) is 0 Å². The van der Waals surface area contributed by atoms with Crippen LogP contribution in [0.2, 0.25) is 0 Å². The summed E-state index contributed by atoms with van der Waals surface area (Å²) in [5, 5.41) is 7.70. The summed E-state index contributed by atoms with van der Waals surface area (Å²) in [5.74, 6) is 0.710. The van der Waals surface area contributed by atoms with Crippen molar-refractivity contribution in [2.24, 2.45) is 5.14 Å². The highest BCUT2D eigenvalue weighted by molar-refractivity contribution is 7.88. The second kappa shape index (κ2) is 5.71. The molecule has 2 aromatic rings. The number of amides is 1. The van der Waals surface area contributed by atoms with Gasteiger partial charge in [0.2, 0.25) is 10.0 Å². The Kier molecular flexibility index (Phi) is 4.15. The molecule has 0 radical (unpaired) electrons. The van der Waals surface area contributed by atoms with E-state index in [1.54, 1.807) is 44.2 Å². The molecule has 3 N–H and O–H groups in total. The predicted octanol–water partition coefficient (Wildman–Crippen LogP) is 1.94. The number of sulfonamides is 1. The van der Waals surface area contributed by atoms with Crippen LogP contribution >= 0.6 is 0 Å². The van der Waals surface area contributed by atoms with Crippen molar-refractivity contribution in [1.29, 1.82) is 0 Å². The third kappa shape index (κ3) is 4.17. The molecule has 0 bridgehead atoms.